The van der Waals surface area contributed by atoms with Crippen molar-refractivity contribution in [3.05, 3.63) is 83.1 Å². The van der Waals surface area contributed by atoms with Crippen molar-refractivity contribution in [2.24, 2.45) is 5.92 Å². The molecule has 0 spiro atoms. The molecule has 2 heterocycles. The Labute approximate surface area is 184 Å². The highest BCUT2D eigenvalue weighted by atomic mass is 16.2. The predicted octanol–water partition coefficient (Wildman–Crippen LogP) is 3.83. The second-order valence-corrected chi connectivity index (χ2v) is 9.20. The fourth-order valence-electron chi connectivity index (χ4n) is 4.86. The molecule has 2 aliphatic heterocycles. The van der Waals surface area contributed by atoms with Gasteiger partial charge in [0.05, 0.1) is 17.2 Å². The van der Waals surface area contributed by atoms with Crippen LogP contribution < -0.4 is 5.32 Å². The van der Waals surface area contributed by atoms with Crippen LogP contribution in [0.3, 0.4) is 0 Å². The smallest absolute Gasteiger partial charge is 0.254 e. The van der Waals surface area contributed by atoms with Crippen molar-refractivity contribution < 1.29 is 9.59 Å². The number of carbonyl (C=O) groups is 2. The number of hydrogen-bond donors (Lipinski definition) is 1. The van der Waals surface area contributed by atoms with E-state index in [9.17, 15) is 9.59 Å². The van der Waals surface area contributed by atoms with Crippen molar-refractivity contribution >= 4 is 11.8 Å². The Bertz CT molecular complexity index is 996. The molecule has 2 aromatic rings. The van der Waals surface area contributed by atoms with Crippen LogP contribution in [0.5, 0.6) is 0 Å². The third-order valence-electron chi connectivity index (χ3n) is 6.41. The van der Waals surface area contributed by atoms with E-state index in [0.717, 1.165) is 16.8 Å². The summed E-state index contributed by atoms with van der Waals surface area (Å²) in [6.45, 7) is 10.1. The van der Waals surface area contributed by atoms with Crippen LogP contribution in [-0.4, -0.2) is 46.3 Å². The molecule has 2 aromatic carbocycles. The molecule has 1 unspecified atom stereocenters. The number of carbonyl (C=O) groups excluding carboxylic acids is 2. The normalized spacial score (nSPS) is 20.5. The molecule has 0 aromatic heterocycles. The second kappa shape index (κ2) is 8.22. The van der Waals surface area contributed by atoms with Crippen molar-refractivity contribution in [2.75, 3.05) is 13.1 Å². The predicted molar refractivity (Wildman–Crippen MR) is 122 cm³/mol. The number of nitrogens with one attached hydrogen (secondary N) is 1. The van der Waals surface area contributed by atoms with E-state index in [-0.39, 0.29) is 23.8 Å². The second-order valence-electron chi connectivity index (χ2n) is 9.20. The SMILES string of the molecule is CC(C)C1C2=C(NCCN1C(=O)c1ccccc1)C(C)(C)N(Cc1ccccc1)C2=O. The molecular formula is C26H31N3O2. The van der Waals surface area contributed by atoms with Crippen LogP contribution in [0, 0.1) is 5.92 Å². The molecule has 2 amide bonds. The Hall–Kier alpha value is -3.08. The molecular weight excluding hydrogens is 386 g/mol. The maximum Gasteiger partial charge on any atom is 0.254 e. The average molecular weight is 418 g/mol. The van der Waals surface area contributed by atoms with Gasteiger partial charge in [-0.15, -0.1) is 0 Å². The zero-order valence-corrected chi connectivity index (χ0v) is 18.8. The first-order valence-electron chi connectivity index (χ1n) is 11.0. The van der Waals surface area contributed by atoms with Gasteiger partial charge in [-0.05, 0) is 37.5 Å². The van der Waals surface area contributed by atoms with E-state index >= 15 is 0 Å². The third kappa shape index (κ3) is 3.73. The Kier molecular flexibility index (Phi) is 5.61. The van der Waals surface area contributed by atoms with E-state index < -0.39 is 5.54 Å². The number of nitrogens with zero attached hydrogens (tertiary/aromatic N) is 2. The summed E-state index contributed by atoms with van der Waals surface area (Å²) in [5, 5.41) is 3.52. The van der Waals surface area contributed by atoms with E-state index in [1.54, 1.807) is 0 Å². The van der Waals surface area contributed by atoms with Crippen LogP contribution in [0.2, 0.25) is 0 Å². The number of hydrogen-bond acceptors (Lipinski definition) is 3. The van der Waals surface area contributed by atoms with E-state index in [1.165, 1.54) is 0 Å². The first-order valence-corrected chi connectivity index (χ1v) is 11.0. The van der Waals surface area contributed by atoms with Crippen LogP contribution in [-0.2, 0) is 11.3 Å². The van der Waals surface area contributed by atoms with Crippen LogP contribution in [0.1, 0.15) is 43.6 Å². The summed E-state index contributed by atoms with van der Waals surface area (Å²) in [4.78, 5) is 31.1. The molecule has 162 valence electrons. The molecule has 2 aliphatic rings. The minimum Gasteiger partial charge on any atom is -0.384 e. The summed E-state index contributed by atoms with van der Waals surface area (Å²) >= 11 is 0. The number of amides is 2. The van der Waals surface area contributed by atoms with Gasteiger partial charge in [-0.3, -0.25) is 9.59 Å². The zero-order valence-electron chi connectivity index (χ0n) is 18.8. The first-order chi connectivity index (χ1) is 14.8. The standard InChI is InChI=1S/C26H31N3O2/c1-18(2)22-21-23(27-15-16-28(22)24(30)20-13-9-6-10-14-20)26(3,4)29(25(21)31)17-19-11-7-5-8-12-19/h5-14,18,22,27H,15-17H2,1-4H3. The molecule has 31 heavy (non-hydrogen) atoms. The topological polar surface area (TPSA) is 52.7 Å². The van der Waals surface area contributed by atoms with Gasteiger partial charge in [-0.25, -0.2) is 0 Å². The van der Waals surface area contributed by atoms with Gasteiger partial charge in [0.25, 0.3) is 11.8 Å². The van der Waals surface area contributed by atoms with Gasteiger partial charge in [0, 0.05) is 30.9 Å². The quantitative estimate of drug-likeness (QED) is 0.823. The Morgan fingerprint density at radius 3 is 2.29 bits per heavy atom. The van der Waals surface area contributed by atoms with E-state index in [4.69, 9.17) is 0 Å². The van der Waals surface area contributed by atoms with Gasteiger partial charge in [-0.2, -0.15) is 0 Å². The molecule has 1 atom stereocenters. The molecule has 5 heteroatoms. The van der Waals surface area contributed by atoms with Gasteiger partial charge in [0.2, 0.25) is 0 Å². The first kappa shape index (κ1) is 21.2. The maximum atomic E-state index is 13.8. The number of benzene rings is 2. The summed E-state index contributed by atoms with van der Waals surface area (Å²) in [6, 6.07) is 19.1. The van der Waals surface area contributed by atoms with Gasteiger partial charge in [0.1, 0.15) is 0 Å². The van der Waals surface area contributed by atoms with E-state index in [2.05, 4.69) is 33.0 Å². The van der Waals surface area contributed by atoms with Crippen molar-refractivity contribution in [1.82, 2.24) is 15.1 Å². The van der Waals surface area contributed by atoms with Gasteiger partial charge in [-0.1, -0.05) is 62.4 Å². The highest BCUT2D eigenvalue weighted by molar-refractivity contribution is 6.02. The van der Waals surface area contributed by atoms with Gasteiger partial charge in [0.15, 0.2) is 0 Å². The van der Waals surface area contributed by atoms with Crippen molar-refractivity contribution in [1.29, 1.82) is 0 Å². The van der Waals surface area contributed by atoms with Crippen LogP contribution in [0.15, 0.2) is 71.9 Å². The lowest BCUT2D eigenvalue weighted by Crippen LogP contribution is -2.50. The fraction of sp³-hybridized carbons (Fsp3) is 0.385. The van der Waals surface area contributed by atoms with Crippen molar-refractivity contribution in [3.8, 4) is 0 Å². The molecule has 4 rings (SSSR count). The minimum absolute atomic E-state index is 0.0165. The molecule has 5 nitrogen and oxygen atoms in total. The Morgan fingerprint density at radius 2 is 1.68 bits per heavy atom. The lowest BCUT2D eigenvalue weighted by Gasteiger charge is -2.36. The third-order valence-corrected chi connectivity index (χ3v) is 6.41. The molecule has 0 bridgehead atoms. The highest BCUT2D eigenvalue weighted by Crippen LogP contribution is 2.40. The molecule has 0 aliphatic carbocycles. The van der Waals surface area contributed by atoms with Crippen LogP contribution >= 0.6 is 0 Å². The van der Waals surface area contributed by atoms with E-state index in [1.807, 2.05) is 70.5 Å². The maximum absolute atomic E-state index is 13.8. The summed E-state index contributed by atoms with van der Waals surface area (Å²) in [5.74, 6) is 0.0961. The van der Waals surface area contributed by atoms with Crippen LogP contribution in [0.25, 0.3) is 0 Å². The average Bonchev–Trinajstić information content (AvgIpc) is 2.92. The Morgan fingerprint density at radius 1 is 1.06 bits per heavy atom. The molecule has 1 N–H and O–H groups in total. The summed E-state index contributed by atoms with van der Waals surface area (Å²) in [5.41, 5.74) is 2.97. The Balaban J connectivity index is 1.73. The van der Waals surface area contributed by atoms with E-state index in [0.29, 0.717) is 25.2 Å². The molecule has 0 saturated carbocycles. The highest BCUT2D eigenvalue weighted by Gasteiger charge is 2.50. The lowest BCUT2D eigenvalue weighted by atomic mass is 9.90. The lowest BCUT2D eigenvalue weighted by molar-refractivity contribution is -0.130. The van der Waals surface area contributed by atoms with Gasteiger partial charge >= 0.3 is 0 Å². The molecule has 0 saturated heterocycles. The monoisotopic (exact) mass is 417 g/mol. The van der Waals surface area contributed by atoms with Gasteiger partial charge < -0.3 is 15.1 Å². The summed E-state index contributed by atoms with van der Waals surface area (Å²) in [6.07, 6.45) is 0. The number of rotatable bonds is 4. The summed E-state index contributed by atoms with van der Waals surface area (Å²) < 4.78 is 0. The zero-order chi connectivity index (χ0) is 22.2. The van der Waals surface area contributed by atoms with Crippen LogP contribution in [0.4, 0.5) is 0 Å². The summed E-state index contributed by atoms with van der Waals surface area (Å²) in [7, 11) is 0. The fourth-order valence-corrected chi connectivity index (χ4v) is 4.86. The largest absolute Gasteiger partial charge is 0.384 e. The van der Waals surface area contributed by atoms with Crippen molar-refractivity contribution in [2.45, 2.75) is 45.8 Å². The minimum atomic E-state index is -0.471. The van der Waals surface area contributed by atoms with Crippen molar-refractivity contribution in [3.63, 3.8) is 0 Å². The molecule has 0 radical (unpaired) electrons. The molecule has 0 fully saturated rings.